The van der Waals surface area contributed by atoms with E-state index in [0.29, 0.717) is 11.2 Å². The van der Waals surface area contributed by atoms with Gasteiger partial charge >= 0.3 is 0 Å². The van der Waals surface area contributed by atoms with Gasteiger partial charge in [-0.05, 0) is 39.0 Å². The molecule has 86 valence electrons. The fourth-order valence-corrected chi connectivity index (χ4v) is 6.01. The molecule has 15 heavy (non-hydrogen) atoms. The molecule has 1 fully saturated rings. The quantitative estimate of drug-likeness (QED) is 0.619. The molecule has 1 rings (SSSR count). The molecule has 0 spiro atoms. The minimum atomic E-state index is -0.536. The number of hydrogen-bond acceptors (Lipinski definition) is 3. The van der Waals surface area contributed by atoms with E-state index in [2.05, 4.69) is 20.2 Å². The Kier molecular flexibility index (Phi) is 4.79. The Labute approximate surface area is 103 Å². The van der Waals surface area contributed by atoms with Gasteiger partial charge in [-0.15, -0.1) is 0 Å². The molecule has 1 aliphatic carbocycles. The van der Waals surface area contributed by atoms with Crippen LogP contribution in [0.2, 0.25) is 0 Å². The van der Waals surface area contributed by atoms with Crippen LogP contribution in [0.25, 0.3) is 0 Å². The van der Waals surface area contributed by atoms with E-state index in [-0.39, 0.29) is 0 Å². The number of allylic oxidation sites excluding steroid dienone is 1. The third kappa shape index (κ3) is 3.81. The van der Waals surface area contributed by atoms with Crippen LogP contribution in [0.3, 0.4) is 0 Å². The summed E-state index contributed by atoms with van der Waals surface area (Å²) in [4.78, 5) is 0. The van der Waals surface area contributed by atoms with Crippen LogP contribution in [0.5, 0.6) is 0 Å². The number of hydrogen-bond donors (Lipinski definition) is 1. The Bertz CT molecular complexity index is 276. The summed E-state index contributed by atoms with van der Waals surface area (Å²) in [5.74, 6) is 0.167. The summed E-state index contributed by atoms with van der Waals surface area (Å²) in [7, 11) is 0. The Hall–Kier alpha value is 0.570. The largest absolute Gasteiger partial charge is 0.389 e. The second kappa shape index (κ2) is 5.27. The molecule has 4 atom stereocenters. The molecule has 1 nitrogen and oxygen atoms in total. The first-order chi connectivity index (χ1) is 6.83. The molecule has 1 saturated carbocycles. The van der Waals surface area contributed by atoms with Gasteiger partial charge in [-0.25, -0.2) is 0 Å². The zero-order chi connectivity index (χ0) is 11.6. The molecular weight excluding hydrogens is 243 g/mol. The molecule has 1 aliphatic rings. The maximum atomic E-state index is 10.3. The summed E-state index contributed by atoms with van der Waals surface area (Å²) < 4.78 is 0. The highest BCUT2D eigenvalue weighted by atomic mass is 32.9. The van der Waals surface area contributed by atoms with Crippen molar-refractivity contribution < 1.29 is 5.11 Å². The van der Waals surface area contributed by atoms with Crippen LogP contribution in [0.4, 0.5) is 0 Å². The molecule has 4 heteroatoms. The predicted molar refractivity (Wildman–Crippen MR) is 74.4 cm³/mol. The summed E-state index contributed by atoms with van der Waals surface area (Å²) in [6, 6.07) is 0. The van der Waals surface area contributed by atoms with Gasteiger partial charge in [-0.3, -0.25) is 0 Å². The van der Waals surface area contributed by atoms with E-state index in [4.69, 9.17) is 11.8 Å². The van der Waals surface area contributed by atoms with Crippen molar-refractivity contribution in [2.75, 3.05) is 6.66 Å². The Morgan fingerprint density at radius 2 is 2.27 bits per heavy atom. The van der Waals surface area contributed by atoms with Gasteiger partial charge in [-0.2, -0.15) is 0 Å². The zero-order valence-electron chi connectivity index (χ0n) is 9.69. The first-order valence-corrected chi connectivity index (χ1v) is 9.57. The van der Waals surface area contributed by atoms with Gasteiger partial charge in [0.25, 0.3) is 0 Å². The highest BCUT2D eigenvalue weighted by Gasteiger charge is 2.42. The Morgan fingerprint density at radius 1 is 1.67 bits per heavy atom. The van der Waals surface area contributed by atoms with Crippen LogP contribution in [-0.4, -0.2) is 22.6 Å². The summed E-state index contributed by atoms with van der Waals surface area (Å²) in [5, 5.41) is 10.6. The predicted octanol–water partition coefficient (Wildman–Crippen LogP) is 3.70. The third-order valence-corrected chi connectivity index (χ3v) is 6.84. The highest BCUT2D eigenvalue weighted by molar-refractivity contribution is 8.64. The molecule has 0 saturated heterocycles. The maximum Gasteiger partial charge on any atom is 0.242 e. The van der Waals surface area contributed by atoms with E-state index in [0.717, 1.165) is 19.3 Å². The highest BCUT2D eigenvalue weighted by Crippen LogP contribution is 2.49. The lowest BCUT2D eigenvalue weighted by Crippen LogP contribution is -2.42. The summed E-state index contributed by atoms with van der Waals surface area (Å²) in [5.41, 5.74) is 0.715. The van der Waals surface area contributed by atoms with Crippen molar-refractivity contribution in [1.82, 2.24) is 0 Å². The molecule has 0 radical (unpaired) electrons. The second-order valence-corrected chi connectivity index (χ2v) is 11.0. The number of rotatable bonds is 3. The molecule has 0 amide bonds. The normalized spacial score (nSPS) is 37.5. The monoisotopic (exact) mass is 263 g/mol. The van der Waals surface area contributed by atoms with Crippen molar-refractivity contribution in [1.29, 1.82) is 0 Å². The molecule has 1 unspecified atom stereocenters. The van der Waals surface area contributed by atoms with Crippen LogP contribution in [0.15, 0.2) is 12.2 Å². The topological polar surface area (TPSA) is 20.2 Å². The number of aliphatic hydroxyl groups is 1. The third-order valence-electron chi connectivity index (χ3n) is 3.16. The van der Waals surface area contributed by atoms with E-state index in [9.17, 15) is 5.11 Å². The van der Waals surface area contributed by atoms with Crippen molar-refractivity contribution in [2.45, 2.75) is 44.0 Å². The Balaban J connectivity index is 2.70. The fraction of sp³-hybridized carbons (Fsp3) is 0.818. The average Bonchev–Trinajstić information content (AvgIpc) is 2.07. The lowest BCUT2D eigenvalue weighted by Gasteiger charge is -2.38. The summed E-state index contributed by atoms with van der Waals surface area (Å²) >= 11 is 7.05. The molecule has 0 heterocycles. The molecule has 0 bridgehead atoms. The zero-order valence-corrected chi connectivity index (χ0v) is 12.2. The van der Waals surface area contributed by atoms with Gasteiger partial charge < -0.3 is 5.11 Å². The minimum Gasteiger partial charge on any atom is -0.389 e. The molecule has 0 aromatic heterocycles. The van der Waals surface area contributed by atoms with Crippen LogP contribution >= 0.6 is 17.3 Å². The molecular formula is C11H20OPS2+. The lowest BCUT2D eigenvalue weighted by molar-refractivity contribution is 0.0198. The smallest absolute Gasteiger partial charge is 0.242 e. The van der Waals surface area contributed by atoms with Crippen LogP contribution in [-0.2, 0) is 11.8 Å². The van der Waals surface area contributed by atoms with Gasteiger partial charge in [0, 0.05) is 0 Å². The van der Waals surface area contributed by atoms with E-state index >= 15 is 0 Å². The van der Waals surface area contributed by atoms with Crippen molar-refractivity contribution >= 4 is 29.1 Å². The second-order valence-electron chi connectivity index (χ2n) is 4.71. The van der Waals surface area contributed by atoms with Crippen LogP contribution < -0.4 is 0 Å². The molecule has 0 aromatic rings. The van der Waals surface area contributed by atoms with E-state index < -0.39 is 11.5 Å². The Morgan fingerprint density at radius 3 is 2.73 bits per heavy atom. The summed E-state index contributed by atoms with van der Waals surface area (Å²) in [6.45, 7) is 10.2. The van der Waals surface area contributed by atoms with Gasteiger partial charge in [0.2, 0.25) is 5.90 Å². The van der Waals surface area contributed by atoms with Crippen molar-refractivity contribution in [3.8, 4) is 0 Å². The van der Waals surface area contributed by atoms with E-state index in [1.165, 1.54) is 5.57 Å². The summed E-state index contributed by atoms with van der Waals surface area (Å²) in [6.07, 6.45) is 2.98. The van der Waals surface area contributed by atoms with Gasteiger partial charge in [0.1, 0.15) is 6.66 Å². The van der Waals surface area contributed by atoms with Crippen molar-refractivity contribution in [2.24, 2.45) is 5.92 Å². The SMILES string of the molecule is C=C(C)[C@@H]1CC[C@](C)(O)[C@@H](S[P+](C)=S)C1. The lowest BCUT2D eigenvalue weighted by atomic mass is 9.77. The average molecular weight is 263 g/mol. The standard InChI is InChI=1S/C11H20OPS2/c1-8(2)9-5-6-11(3,12)10(7-9)15-13(4)14/h9-10,12H,1,5-7H2,2-4H3/q+1/t9-,10+,11+/m1/s1. The first kappa shape index (κ1) is 13.6. The molecule has 1 N–H and O–H groups in total. The molecule has 0 aromatic carbocycles. The van der Waals surface area contributed by atoms with Crippen LogP contribution in [0, 0.1) is 5.92 Å². The van der Waals surface area contributed by atoms with Gasteiger partial charge in [0.05, 0.1) is 22.2 Å². The van der Waals surface area contributed by atoms with Crippen molar-refractivity contribution in [3.05, 3.63) is 12.2 Å². The molecule has 0 aliphatic heterocycles. The van der Waals surface area contributed by atoms with Crippen LogP contribution in [0.1, 0.15) is 33.1 Å². The maximum absolute atomic E-state index is 10.3. The van der Waals surface area contributed by atoms with Gasteiger partial charge in [0.15, 0.2) is 11.8 Å². The fourth-order valence-electron chi connectivity index (χ4n) is 2.04. The van der Waals surface area contributed by atoms with Gasteiger partial charge in [-0.1, -0.05) is 12.2 Å². The minimum absolute atomic E-state index is 0.293. The van der Waals surface area contributed by atoms with E-state index in [1.54, 1.807) is 11.4 Å². The van der Waals surface area contributed by atoms with Crippen molar-refractivity contribution in [3.63, 3.8) is 0 Å². The first-order valence-electron chi connectivity index (χ1n) is 5.28. The van der Waals surface area contributed by atoms with E-state index in [1.807, 2.05) is 6.92 Å².